The first-order chi connectivity index (χ1) is 8.58. The van der Waals surface area contributed by atoms with Crippen molar-refractivity contribution in [3.63, 3.8) is 0 Å². The molecule has 18 heavy (non-hydrogen) atoms. The number of rotatable bonds is 6. The highest BCUT2D eigenvalue weighted by Gasteiger charge is 2.17. The Kier molecular flexibility index (Phi) is 5.55. The van der Waals surface area contributed by atoms with E-state index in [2.05, 4.69) is 9.97 Å². The van der Waals surface area contributed by atoms with E-state index in [0.29, 0.717) is 6.61 Å². The van der Waals surface area contributed by atoms with E-state index >= 15 is 0 Å². The molecule has 0 aromatic carbocycles. The van der Waals surface area contributed by atoms with Crippen LogP contribution in [0.15, 0.2) is 12.4 Å². The number of esters is 1. The third kappa shape index (κ3) is 3.98. The SMILES string of the molecule is CCOC(=O)CN(c1cc(CC)ncn1)C(C)C. The van der Waals surface area contributed by atoms with E-state index in [-0.39, 0.29) is 18.6 Å². The Hall–Kier alpha value is -1.65. The lowest BCUT2D eigenvalue weighted by Gasteiger charge is -2.26. The van der Waals surface area contributed by atoms with Gasteiger partial charge in [0.15, 0.2) is 0 Å². The fraction of sp³-hybridized carbons (Fsp3) is 0.615. The molecule has 0 saturated carbocycles. The second kappa shape index (κ2) is 6.93. The molecule has 100 valence electrons. The first-order valence-electron chi connectivity index (χ1n) is 6.31. The first kappa shape index (κ1) is 14.4. The van der Waals surface area contributed by atoms with Gasteiger partial charge in [-0.05, 0) is 27.2 Å². The van der Waals surface area contributed by atoms with E-state index in [1.54, 1.807) is 6.92 Å². The van der Waals surface area contributed by atoms with E-state index in [4.69, 9.17) is 4.74 Å². The third-order valence-corrected chi connectivity index (χ3v) is 2.59. The van der Waals surface area contributed by atoms with Crippen molar-refractivity contribution in [3.8, 4) is 0 Å². The lowest BCUT2D eigenvalue weighted by molar-refractivity contribution is -0.141. The third-order valence-electron chi connectivity index (χ3n) is 2.59. The van der Waals surface area contributed by atoms with Crippen LogP contribution in [0.4, 0.5) is 5.82 Å². The van der Waals surface area contributed by atoms with Crippen LogP contribution in [0.3, 0.4) is 0 Å². The van der Waals surface area contributed by atoms with Crippen molar-refractivity contribution in [2.75, 3.05) is 18.1 Å². The average Bonchev–Trinajstić information content (AvgIpc) is 2.36. The highest BCUT2D eigenvalue weighted by Crippen LogP contribution is 2.14. The van der Waals surface area contributed by atoms with Crippen molar-refractivity contribution in [1.29, 1.82) is 0 Å². The molecule has 1 aromatic heterocycles. The van der Waals surface area contributed by atoms with Gasteiger partial charge in [-0.2, -0.15) is 0 Å². The number of ether oxygens (including phenoxy) is 1. The molecule has 0 aliphatic carbocycles. The summed E-state index contributed by atoms with van der Waals surface area (Å²) in [6.45, 7) is 8.50. The lowest BCUT2D eigenvalue weighted by Crippen LogP contribution is -2.37. The van der Waals surface area contributed by atoms with Crippen molar-refractivity contribution in [3.05, 3.63) is 18.1 Å². The molecule has 0 aliphatic rings. The van der Waals surface area contributed by atoms with Gasteiger partial charge in [0.2, 0.25) is 0 Å². The molecule has 1 heterocycles. The second-order valence-electron chi connectivity index (χ2n) is 4.25. The molecule has 0 radical (unpaired) electrons. The first-order valence-corrected chi connectivity index (χ1v) is 6.31. The number of anilines is 1. The standard InChI is InChI=1S/C13H21N3O2/c1-5-11-7-12(15-9-14-11)16(10(3)4)8-13(17)18-6-2/h7,9-10H,5-6,8H2,1-4H3. The zero-order valence-corrected chi connectivity index (χ0v) is 11.5. The van der Waals surface area contributed by atoms with E-state index < -0.39 is 0 Å². The molecule has 5 nitrogen and oxygen atoms in total. The van der Waals surface area contributed by atoms with Crippen LogP contribution in [-0.2, 0) is 16.0 Å². The summed E-state index contributed by atoms with van der Waals surface area (Å²) in [7, 11) is 0. The van der Waals surface area contributed by atoms with Gasteiger partial charge in [0, 0.05) is 17.8 Å². The van der Waals surface area contributed by atoms with Gasteiger partial charge in [0.1, 0.15) is 18.7 Å². The molecule has 0 bridgehead atoms. The fourth-order valence-electron chi connectivity index (χ4n) is 1.61. The van der Waals surface area contributed by atoms with Gasteiger partial charge in [-0.1, -0.05) is 6.92 Å². The van der Waals surface area contributed by atoms with Gasteiger partial charge in [-0.15, -0.1) is 0 Å². The summed E-state index contributed by atoms with van der Waals surface area (Å²) < 4.78 is 4.98. The number of hydrogen-bond acceptors (Lipinski definition) is 5. The van der Waals surface area contributed by atoms with Crippen LogP contribution in [0.1, 0.15) is 33.4 Å². The quantitative estimate of drug-likeness (QED) is 0.722. The van der Waals surface area contributed by atoms with Crippen molar-refractivity contribution in [2.24, 2.45) is 0 Å². The van der Waals surface area contributed by atoms with Crippen molar-refractivity contribution in [1.82, 2.24) is 9.97 Å². The number of aromatic nitrogens is 2. The smallest absolute Gasteiger partial charge is 0.325 e. The molecule has 1 aromatic rings. The maximum absolute atomic E-state index is 11.6. The minimum absolute atomic E-state index is 0.175. The van der Waals surface area contributed by atoms with Crippen LogP contribution in [0.2, 0.25) is 0 Å². The number of carbonyl (C=O) groups excluding carboxylic acids is 1. The Morgan fingerprint density at radius 3 is 2.67 bits per heavy atom. The Morgan fingerprint density at radius 1 is 1.39 bits per heavy atom. The van der Waals surface area contributed by atoms with Crippen LogP contribution in [0.25, 0.3) is 0 Å². The number of nitrogens with zero attached hydrogens (tertiary/aromatic N) is 3. The van der Waals surface area contributed by atoms with Crippen LogP contribution >= 0.6 is 0 Å². The monoisotopic (exact) mass is 251 g/mol. The molecule has 0 amide bonds. The van der Waals surface area contributed by atoms with Gasteiger partial charge in [-0.25, -0.2) is 9.97 Å². The molecule has 0 spiro atoms. The predicted octanol–water partition coefficient (Wildman–Crippen LogP) is 1.82. The molecule has 0 aliphatic heterocycles. The summed E-state index contributed by atoms with van der Waals surface area (Å²) in [6, 6.07) is 2.09. The maximum atomic E-state index is 11.6. The topological polar surface area (TPSA) is 55.3 Å². The van der Waals surface area contributed by atoms with Crippen molar-refractivity contribution in [2.45, 2.75) is 40.2 Å². The van der Waals surface area contributed by atoms with Crippen molar-refractivity contribution < 1.29 is 9.53 Å². The second-order valence-corrected chi connectivity index (χ2v) is 4.25. The van der Waals surface area contributed by atoms with Gasteiger partial charge in [-0.3, -0.25) is 4.79 Å². The zero-order chi connectivity index (χ0) is 13.5. The van der Waals surface area contributed by atoms with Gasteiger partial charge < -0.3 is 9.64 Å². The average molecular weight is 251 g/mol. The molecular formula is C13H21N3O2. The Balaban J connectivity index is 2.86. The highest BCUT2D eigenvalue weighted by atomic mass is 16.5. The molecule has 0 unspecified atom stereocenters. The minimum Gasteiger partial charge on any atom is -0.465 e. The molecule has 0 atom stereocenters. The maximum Gasteiger partial charge on any atom is 0.325 e. The Labute approximate surface area is 108 Å². The minimum atomic E-state index is -0.233. The predicted molar refractivity (Wildman–Crippen MR) is 70.5 cm³/mol. The van der Waals surface area contributed by atoms with E-state index in [1.165, 1.54) is 6.33 Å². The Bertz CT molecular complexity index is 394. The summed E-state index contributed by atoms with van der Waals surface area (Å²) in [6.07, 6.45) is 2.38. The number of hydrogen-bond donors (Lipinski definition) is 0. The molecular weight excluding hydrogens is 230 g/mol. The summed E-state index contributed by atoms with van der Waals surface area (Å²) in [5.74, 6) is 0.535. The normalized spacial score (nSPS) is 10.5. The van der Waals surface area contributed by atoms with Gasteiger partial charge in [0.25, 0.3) is 0 Å². The van der Waals surface area contributed by atoms with E-state index in [9.17, 15) is 4.79 Å². The summed E-state index contributed by atoms with van der Waals surface area (Å²) in [4.78, 5) is 21.9. The summed E-state index contributed by atoms with van der Waals surface area (Å²) in [5, 5.41) is 0. The van der Waals surface area contributed by atoms with Crippen LogP contribution < -0.4 is 4.90 Å². The van der Waals surface area contributed by atoms with Crippen molar-refractivity contribution >= 4 is 11.8 Å². The molecule has 0 N–H and O–H groups in total. The van der Waals surface area contributed by atoms with Crippen LogP contribution in [0, 0.1) is 0 Å². The van der Waals surface area contributed by atoms with Gasteiger partial charge in [0.05, 0.1) is 6.61 Å². The molecule has 5 heteroatoms. The van der Waals surface area contributed by atoms with E-state index in [1.807, 2.05) is 31.7 Å². The molecule has 0 fully saturated rings. The summed E-state index contributed by atoms with van der Waals surface area (Å²) in [5.41, 5.74) is 0.967. The number of aryl methyl sites for hydroxylation is 1. The highest BCUT2D eigenvalue weighted by molar-refractivity contribution is 5.75. The lowest BCUT2D eigenvalue weighted by atomic mass is 10.2. The summed E-state index contributed by atoms with van der Waals surface area (Å²) >= 11 is 0. The molecule has 1 rings (SSSR count). The number of carbonyl (C=O) groups is 1. The van der Waals surface area contributed by atoms with Gasteiger partial charge >= 0.3 is 5.97 Å². The fourth-order valence-corrected chi connectivity index (χ4v) is 1.61. The van der Waals surface area contributed by atoms with E-state index in [0.717, 1.165) is 17.9 Å². The largest absolute Gasteiger partial charge is 0.465 e. The Morgan fingerprint density at radius 2 is 2.11 bits per heavy atom. The van der Waals surface area contributed by atoms with Crippen LogP contribution in [0.5, 0.6) is 0 Å². The molecule has 0 saturated heterocycles. The van der Waals surface area contributed by atoms with Crippen LogP contribution in [-0.4, -0.2) is 35.1 Å². The zero-order valence-electron chi connectivity index (χ0n) is 11.5.